The van der Waals surface area contributed by atoms with Gasteiger partial charge in [-0.25, -0.2) is 37.5 Å². The number of amides is 1. The molecule has 18 heteroatoms. The molecule has 0 aromatic carbocycles. The van der Waals surface area contributed by atoms with Crippen molar-refractivity contribution in [2.45, 2.75) is 78.3 Å². The van der Waals surface area contributed by atoms with Crippen molar-refractivity contribution < 1.29 is 51.3 Å². The first kappa shape index (κ1) is 44.7. The third-order valence-electron chi connectivity index (χ3n) is 8.80. The molecule has 14 nitrogen and oxygen atoms in total. The SMILES string of the molecule is CCOc1cc2nc(CCC(=O)OC)cn2cc1CC(=O)c1cccc(C(F)F)n1.CCOc1cc2nc(CCC(C)(C)O)cn2cc1NC(=O)c1cccc(C(F)F)n1. The summed E-state index contributed by atoms with van der Waals surface area (Å²) < 4.78 is 70.9. The monoisotopic (exact) mass is 835 g/mol. The fraction of sp³-hybridized carbons (Fsp3) is 0.357. The molecule has 6 rings (SSSR count). The Morgan fingerprint density at radius 2 is 1.32 bits per heavy atom. The zero-order valence-corrected chi connectivity index (χ0v) is 33.6. The van der Waals surface area contributed by atoms with Gasteiger partial charge in [0.15, 0.2) is 5.78 Å². The highest BCUT2D eigenvalue weighted by molar-refractivity contribution is 6.03. The van der Waals surface area contributed by atoms with Crippen LogP contribution in [0.3, 0.4) is 0 Å². The fourth-order valence-electron chi connectivity index (χ4n) is 5.86. The third kappa shape index (κ3) is 12.1. The molecule has 318 valence electrons. The number of aliphatic hydroxyl groups is 1. The molecule has 2 N–H and O–H groups in total. The zero-order valence-electron chi connectivity index (χ0n) is 33.6. The molecule has 0 saturated carbocycles. The smallest absolute Gasteiger partial charge is 0.305 e. The molecular formula is C42H45F4N7O7. The van der Waals surface area contributed by atoms with Crippen molar-refractivity contribution in [1.82, 2.24) is 28.7 Å². The van der Waals surface area contributed by atoms with Crippen LogP contribution in [0.2, 0.25) is 0 Å². The first-order valence-corrected chi connectivity index (χ1v) is 19.0. The standard InChI is InChI=1S/C21H24F2N4O3.C21H21F2N3O4/c1-4-30-17-10-18-24-13(8-9-21(2,3)29)11-27(18)12-16(17)26-20(28)15-7-5-6-14(25-15)19(22)23;1-3-30-18-10-19-24-14(7-8-20(28)29-2)12-26(19)11-13(18)9-17(27)15-5-4-6-16(25-15)21(22)23/h5-7,10-12,19,29H,4,8-9H2,1-3H3,(H,26,28);4-6,10-12,21H,3,7-9H2,1-2H3. The van der Waals surface area contributed by atoms with Gasteiger partial charge in [-0.05, 0) is 64.8 Å². The summed E-state index contributed by atoms with van der Waals surface area (Å²) in [7, 11) is 1.33. The Balaban J connectivity index is 0.000000228. The molecule has 6 aromatic heterocycles. The number of halogens is 4. The predicted octanol–water partition coefficient (Wildman–Crippen LogP) is 7.62. The lowest BCUT2D eigenvalue weighted by Gasteiger charge is -2.15. The van der Waals surface area contributed by atoms with E-state index in [1.165, 1.54) is 43.5 Å². The van der Waals surface area contributed by atoms with Gasteiger partial charge in [-0.2, -0.15) is 0 Å². The Labute approximate surface area is 342 Å². The number of anilines is 1. The zero-order chi connectivity index (χ0) is 43.6. The van der Waals surface area contributed by atoms with Crippen molar-refractivity contribution >= 4 is 34.6 Å². The lowest BCUT2D eigenvalue weighted by atomic mass is 10.0. The average Bonchev–Trinajstić information content (AvgIpc) is 3.82. The van der Waals surface area contributed by atoms with Crippen LogP contribution < -0.4 is 14.8 Å². The van der Waals surface area contributed by atoms with Gasteiger partial charge in [0.1, 0.15) is 51.3 Å². The number of hydrogen-bond donors (Lipinski definition) is 2. The highest BCUT2D eigenvalue weighted by Crippen LogP contribution is 2.28. The van der Waals surface area contributed by atoms with Crippen LogP contribution in [0.4, 0.5) is 23.2 Å². The number of Topliss-reactive ketones (excluding diaryl/α,β-unsaturated/α-hetero) is 1. The first-order valence-electron chi connectivity index (χ1n) is 19.0. The number of rotatable bonds is 17. The first-order chi connectivity index (χ1) is 28.6. The van der Waals surface area contributed by atoms with Crippen LogP contribution in [-0.2, 0) is 28.8 Å². The number of hydrogen-bond acceptors (Lipinski definition) is 11. The number of aryl methyl sites for hydroxylation is 2. The maximum atomic E-state index is 12.9. The van der Waals surface area contributed by atoms with E-state index in [1.807, 2.05) is 20.0 Å². The number of imidazole rings is 2. The average molecular weight is 836 g/mol. The summed E-state index contributed by atoms with van der Waals surface area (Å²) >= 11 is 0. The van der Waals surface area contributed by atoms with Gasteiger partial charge in [-0.3, -0.25) is 14.4 Å². The molecule has 6 heterocycles. The highest BCUT2D eigenvalue weighted by Gasteiger charge is 2.20. The molecule has 0 aliphatic carbocycles. The van der Waals surface area contributed by atoms with E-state index in [4.69, 9.17) is 9.47 Å². The van der Waals surface area contributed by atoms with E-state index in [-0.39, 0.29) is 30.2 Å². The van der Waals surface area contributed by atoms with E-state index < -0.39 is 41.5 Å². The van der Waals surface area contributed by atoms with Crippen molar-refractivity contribution in [3.8, 4) is 11.5 Å². The summed E-state index contributed by atoms with van der Waals surface area (Å²) in [5.74, 6) is -0.465. The Morgan fingerprint density at radius 1 is 0.767 bits per heavy atom. The van der Waals surface area contributed by atoms with E-state index in [0.717, 1.165) is 5.69 Å². The third-order valence-corrected chi connectivity index (χ3v) is 8.80. The number of fused-ring (bicyclic) bond motifs is 2. The number of ether oxygens (including phenoxy) is 3. The van der Waals surface area contributed by atoms with Crippen molar-refractivity contribution in [3.63, 3.8) is 0 Å². The molecule has 0 saturated heterocycles. The molecule has 0 aliphatic rings. The molecular weight excluding hydrogens is 790 g/mol. The van der Waals surface area contributed by atoms with Gasteiger partial charge in [0.05, 0.1) is 43.7 Å². The van der Waals surface area contributed by atoms with Crippen molar-refractivity contribution in [2.75, 3.05) is 25.6 Å². The predicted molar refractivity (Wildman–Crippen MR) is 212 cm³/mol. The second-order valence-corrected chi connectivity index (χ2v) is 14.0. The van der Waals surface area contributed by atoms with Crippen LogP contribution >= 0.6 is 0 Å². The second kappa shape index (κ2) is 20.0. The maximum Gasteiger partial charge on any atom is 0.305 e. The van der Waals surface area contributed by atoms with Gasteiger partial charge in [0.25, 0.3) is 18.8 Å². The summed E-state index contributed by atoms with van der Waals surface area (Å²) in [6.45, 7) is 7.85. The number of alkyl halides is 4. The van der Waals surface area contributed by atoms with Gasteiger partial charge in [0, 0.05) is 55.3 Å². The number of carbonyl (C=O) groups excluding carboxylic acids is 3. The lowest BCUT2D eigenvalue weighted by Crippen LogP contribution is -2.19. The number of methoxy groups -OCH3 is 1. The summed E-state index contributed by atoms with van der Waals surface area (Å²) in [6.07, 6.45) is 3.10. The van der Waals surface area contributed by atoms with Gasteiger partial charge >= 0.3 is 5.97 Å². The molecule has 0 spiro atoms. The van der Waals surface area contributed by atoms with Crippen molar-refractivity contribution in [1.29, 1.82) is 0 Å². The molecule has 0 unspecified atom stereocenters. The minimum absolute atomic E-state index is 0.0280. The van der Waals surface area contributed by atoms with Gasteiger partial charge < -0.3 is 33.4 Å². The number of nitrogens with one attached hydrogen (secondary N) is 1. The van der Waals surface area contributed by atoms with E-state index >= 15 is 0 Å². The maximum absolute atomic E-state index is 12.9. The highest BCUT2D eigenvalue weighted by atomic mass is 19.3. The molecule has 1 amide bonds. The van der Waals surface area contributed by atoms with Crippen LogP contribution in [-0.4, -0.2) is 77.4 Å². The summed E-state index contributed by atoms with van der Waals surface area (Å²) in [6, 6.07) is 11.3. The van der Waals surface area contributed by atoms with E-state index in [2.05, 4.69) is 30.0 Å². The molecule has 0 atom stereocenters. The van der Waals surface area contributed by atoms with Crippen LogP contribution in [0.1, 0.15) is 103 Å². The molecule has 0 radical (unpaired) electrons. The van der Waals surface area contributed by atoms with Gasteiger partial charge in [0.2, 0.25) is 0 Å². The number of aromatic nitrogens is 6. The number of nitrogens with zero attached hydrogens (tertiary/aromatic N) is 6. The summed E-state index contributed by atoms with van der Waals surface area (Å²) in [5.41, 5.74) is 1.80. The molecule has 0 aliphatic heterocycles. The second-order valence-electron chi connectivity index (χ2n) is 14.0. The van der Waals surface area contributed by atoms with Crippen molar-refractivity contribution in [2.24, 2.45) is 0 Å². The van der Waals surface area contributed by atoms with Crippen molar-refractivity contribution in [3.05, 3.63) is 113 Å². The molecule has 6 aromatic rings. The van der Waals surface area contributed by atoms with E-state index in [1.54, 1.807) is 53.4 Å². The lowest BCUT2D eigenvalue weighted by molar-refractivity contribution is -0.140. The quantitative estimate of drug-likeness (QED) is 0.0526. The Hall–Kier alpha value is -6.43. The normalized spacial score (nSPS) is 11.5. The molecule has 60 heavy (non-hydrogen) atoms. The minimum Gasteiger partial charge on any atom is -0.493 e. The van der Waals surface area contributed by atoms with Gasteiger partial charge in [-0.1, -0.05) is 12.1 Å². The van der Waals surface area contributed by atoms with Crippen LogP contribution in [0.25, 0.3) is 11.3 Å². The minimum atomic E-state index is -2.76. The topological polar surface area (TPSA) is 172 Å². The Morgan fingerprint density at radius 3 is 1.90 bits per heavy atom. The molecule has 0 fully saturated rings. The summed E-state index contributed by atoms with van der Waals surface area (Å²) in [5, 5.41) is 12.6. The van der Waals surface area contributed by atoms with Gasteiger partial charge in [-0.15, -0.1) is 0 Å². The Bertz CT molecular complexity index is 2450. The number of esters is 1. The summed E-state index contributed by atoms with van der Waals surface area (Å²) in [4.78, 5) is 53.0. The largest absolute Gasteiger partial charge is 0.493 e. The van der Waals surface area contributed by atoms with Crippen LogP contribution in [0.15, 0.2) is 73.3 Å². The Kier molecular flexibility index (Phi) is 14.9. The molecule has 0 bridgehead atoms. The van der Waals surface area contributed by atoms with E-state index in [0.29, 0.717) is 72.2 Å². The number of ketones is 1. The van der Waals surface area contributed by atoms with E-state index in [9.17, 15) is 37.1 Å². The van der Waals surface area contributed by atoms with Crippen LogP contribution in [0.5, 0.6) is 11.5 Å². The van der Waals surface area contributed by atoms with Crippen LogP contribution in [0, 0.1) is 0 Å². The number of carbonyl (C=O) groups is 3. The fourth-order valence-corrected chi connectivity index (χ4v) is 5.86. The number of pyridine rings is 4.